The van der Waals surface area contributed by atoms with Crippen molar-refractivity contribution in [2.45, 2.75) is 27.7 Å². The number of hydrogen-bond acceptors (Lipinski definition) is 14. The number of anilines is 4. The monoisotopic (exact) mass is 569 g/mol. The lowest BCUT2D eigenvalue weighted by Crippen LogP contribution is -2.28. The number of aromatic nitrogens is 5. The van der Waals surface area contributed by atoms with Crippen LogP contribution in [0.4, 0.5) is 23.5 Å². The number of H-pyrrole nitrogens is 2. The van der Waals surface area contributed by atoms with Crippen molar-refractivity contribution in [1.82, 2.24) is 29.6 Å². The van der Waals surface area contributed by atoms with Gasteiger partial charge in [-0.15, -0.1) is 0 Å². The SMILES string of the molecule is CC.CC.CS(=O)(=O)NCCNc1nc(NCCS(=O)(=O)O)nc(Nc2c[nH]c(=O)[nH]c2=O)n1.O=C=O. The maximum atomic E-state index is 11.8. The van der Waals surface area contributed by atoms with Crippen molar-refractivity contribution in [1.29, 1.82) is 0 Å². The quantitative estimate of drug-likeness (QED) is 0.123. The Morgan fingerprint density at radius 1 is 0.892 bits per heavy atom. The molecule has 2 heterocycles. The van der Waals surface area contributed by atoms with Crippen molar-refractivity contribution in [2.24, 2.45) is 0 Å². The van der Waals surface area contributed by atoms with Gasteiger partial charge in [-0.25, -0.2) is 17.9 Å². The van der Waals surface area contributed by atoms with Crippen molar-refractivity contribution in [3.63, 3.8) is 0 Å². The number of nitrogens with one attached hydrogen (secondary N) is 6. The number of aromatic amines is 2. The van der Waals surface area contributed by atoms with E-state index in [1.54, 1.807) is 0 Å². The molecule has 0 amide bonds. The number of carbonyl (C=O) groups excluding carboxylic acids is 2. The molecule has 0 aromatic carbocycles. The van der Waals surface area contributed by atoms with Gasteiger partial charge in [0.05, 0.1) is 12.0 Å². The number of rotatable bonds is 11. The zero-order chi connectivity index (χ0) is 29.1. The van der Waals surface area contributed by atoms with Crippen molar-refractivity contribution in [3.05, 3.63) is 27.0 Å². The predicted octanol–water partition coefficient (Wildman–Crippen LogP) is -1.28. The maximum absolute atomic E-state index is 11.8. The summed E-state index contributed by atoms with van der Waals surface area (Å²) in [6, 6.07) is 0. The summed E-state index contributed by atoms with van der Waals surface area (Å²) in [5.74, 6) is -0.883. The van der Waals surface area contributed by atoms with Crippen LogP contribution in [-0.2, 0) is 29.7 Å². The fraction of sp³-hybridized carbons (Fsp3) is 0.529. The normalized spacial score (nSPS) is 10.1. The Bertz CT molecular complexity index is 1300. The van der Waals surface area contributed by atoms with Crippen LogP contribution < -0.4 is 31.9 Å². The summed E-state index contributed by atoms with van der Waals surface area (Å²) in [7, 11) is -7.60. The molecule has 210 valence electrons. The van der Waals surface area contributed by atoms with Crippen LogP contribution in [0.5, 0.6) is 0 Å². The number of sulfonamides is 1. The Balaban J connectivity index is 0. The molecule has 18 nitrogen and oxygen atoms in total. The Morgan fingerprint density at radius 3 is 1.84 bits per heavy atom. The Labute approximate surface area is 212 Å². The summed E-state index contributed by atoms with van der Waals surface area (Å²) in [5.41, 5.74) is -1.55. The second-order valence-electron chi connectivity index (χ2n) is 5.81. The van der Waals surface area contributed by atoms with Gasteiger partial charge in [-0.2, -0.15) is 33.0 Å². The third-order valence-electron chi connectivity index (χ3n) is 3.12. The van der Waals surface area contributed by atoms with E-state index in [1.807, 2.05) is 32.7 Å². The molecule has 0 fully saturated rings. The molecular formula is C17H31N9O9S2. The molecular weight excluding hydrogens is 538 g/mol. The van der Waals surface area contributed by atoms with Crippen molar-refractivity contribution >= 4 is 49.8 Å². The lowest BCUT2D eigenvalue weighted by molar-refractivity contribution is -0.191. The Morgan fingerprint density at radius 2 is 1.38 bits per heavy atom. The van der Waals surface area contributed by atoms with E-state index in [9.17, 15) is 26.4 Å². The molecule has 0 saturated heterocycles. The van der Waals surface area contributed by atoms with Gasteiger partial charge in [0.1, 0.15) is 5.69 Å². The first-order chi connectivity index (χ1) is 17.3. The van der Waals surface area contributed by atoms with E-state index in [2.05, 4.69) is 40.6 Å². The zero-order valence-corrected chi connectivity index (χ0v) is 22.4. The molecule has 2 aromatic heterocycles. The zero-order valence-electron chi connectivity index (χ0n) is 20.8. The van der Waals surface area contributed by atoms with Crippen LogP contribution in [0.3, 0.4) is 0 Å². The van der Waals surface area contributed by atoms with Gasteiger partial charge in [0.15, 0.2) is 0 Å². The summed E-state index contributed by atoms with van der Waals surface area (Å²) in [4.78, 5) is 55.4. The van der Waals surface area contributed by atoms with Crippen LogP contribution in [-0.4, -0.2) is 84.1 Å². The third kappa shape index (κ3) is 18.3. The smallest absolute Gasteiger partial charge is 0.353 e. The predicted molar refractivity (Wildman–Crippen MR) is 135 cm³/mol. The minimum Gasteiger partial charge on any atom is -0.353 e. The second kappa shape index (κ2) is 18.5. The minimum absolute atomic E-state index is 0.0262. The molecule has 0 atom stereocenters. The molecule has 20 heteroatoms. The molecule has 0 aliphatic heterocycles. The van der Waals surface area contributed by atoms with Crippen molar-refractivity contribution < 1.29 is 31.0 Å². The molecule has 37 heavy (non-hydrogen) atoms. The van der Waals surface area contributed by atoms with Gasteiger partial charge in [0, 0.05) is 25.8 Å². The fourth-order valence-corrected chi connectivity index (χ4v) is 2.75. The lowest BCUT2D eigenvalue weighted by atomic mass is 10.5. The van der Waals surface area contributed by atoms with Gasteiger partial charge in [-0.1, -0.05) is 27.7 Å². The summed E-state index contributed by atoms with van der Waals surface area (Å²) in [6.45, 7) is 7.90. The molecule has 2 rings (SSSR count). The molecule has 0 bridgehead atoms. The first-order valence-corrected chi connectivity index (χ1v) is 14.0. The molecule has 0 aliphatic carbocycles. The van der Waals surface area contributed by atoms with E-state index >= 15 is 0 Å². The van der Waals surface area contributed by atoms with Gasteiger partial charge in [0.25, 0.3) is 15.7 Å². The lowest BCUT2D eigenvalue weighted by Gasteiger charge is -2.11. The molecule has 0 saturated carbocycles. The van der Waals surface area contributed by atoms with E-state index in [-0.39, 0.29) is 49.3 Å². The maximum Gasteiger partial charge on any atom is 0.373 e. The molecule has 0 unspecified atom stereocenters. The van der Waals surface area contributed by atoms with Crippen LogP contribution in [0.15, 0.2) is 15.8 Å². The third-order valence-corrected chi connectivity index (χ3v) is 4.57. The molecule has 0 radical (unpaired) electrons. The van der Waals surface area contributed by atoms with E-state index in [0.717, 1.165) is 12.5 Å². The highest BCUT2D eigenvalue weighted by Gasteiger charge is 2.11. The summed E-state index contributed by atoms with van der Waals surface area (Å²) in [6.07, 6.45) is 2.34. The largest absolute Gasteiger partial charge is 0.373 e. The first-order valence-electron chi connectivity index (χ1n) is 10.5. The van der Waals surface area contributed by atoms with Gasteiger partial charge in [0.2, 0.25) is 27.9 Å². The molecule has 0 spiro atoms. The Kier molecular flexibility index (Phi) is 17.8. The standard InChI is InChI=1S/C12H19N9O7S2.2C2H6.CO2/c1-29(24,25)16-3-2-13-9-19-10(14-4-5-30(26,27)28)21-11(20-9)17-7-6-15-12(23)18-8(7)22;2*1-2;2-1-3/h6,16H,2-5H2,1H3,(H,26,27,28)(H2,15,18,22,23)(H3,13,14,17,19,20,21);2*1-2H3;. The van der Waals surface area contributed by atoms with E-state index < -0.39 is 37.1 Å². The summed E-state index contributed by atoms with van der Waals surface area (Å²) < 4.78 is 54.9. The van der Waals surface area contributed by atoms with Crippen LogP contribution in [0.25, 0.3) is 0 Å². The molecule has 7 N–H and O–H groups in total. The fourth-order valence-electron chi connectivity index (χ4n) is 1.92. The topological polar surface area (TPSA) is 275 Å². The van der Waals surface area contributed by atoms with Gasteiger partial charge in [-0.3, -0.25) is 14.3 Å². The average Bonchev–Trinajstić information content (AvgIpc) is 2.80. The number of nitrogens with zero attached hydrogens (tertiary/aromatic N) is 3. The van der Waals surface area contributed by atoms with Crippen molar-refractivity contribution in [2.75, 3.05) is 47.6 Å². The molecule has 0 aliphatic rings. The van der Waals surface area contributed by atoms with Gasteiger partial charge >= 0.3 is 11.8 Å². The van der Waals surface area contributed by atoms with Crippen LogP contribution in [0.1, 0.15) is 27.7 Å². The minimum atomic E-state index is -4.21. The first kappa shape index (κ1) is 35.5. The van der Waals surface area contributed by atoms with Crippen molar-refractivity contribution in [3.8, 4) is 0 Å². The second-order valence-corrected chi connectivity index (χ2v) is 9.21. The van der Waals surface area contributed by atoms with Gasteiger partial charge < -0.3 is 20.9 Å². The average molecular weight is 570 g/mol. The van der Waals surface area contributed by atoms with Crippen LogP contribution in [0.2, 0.25) is 0 Å². The highest BCUT2D eigenvalue weighted by Crippen LogP contribution is 2.12. The highest BCUT2D eigenvalue weighted by atomic mass is 32.2. The van der Waals surface area contributed by atoms with Crippen LogP contribution in [0, 0.1) is 0 Å². The van der Waals surface area contributed by atoms with Crippen LogP contribution >= 0.6 is 0 Å². The number of hydrogen-bond donors (Lipinski definition) is 7. The summed E-state index contributed by atoms with van der Waals surface area (Å²) in [5, 5.41) is 7.87. The summed E-state index contributed by atoms with van der Waals surface area (Å²) >= 11 is 0. The van der Waals surface area contributed by atoms with Gasteiger partial charge in [-0.05, 0) is 0 Å². The van der Waals surface area contributed by atoms with E-state index in [4.69, 9.17) is 14.1 Å². The van der Waals surface area contributed by atoms with E-state index in [1.165, 1.54) is 0 Å². The Hall–Kier alpha value is -3.71. The van der Waals surface area contributed by atoms with E-state index in [0.29, 0.717) is 0 Å². The molecule has 2 aromatic rings. The highest BCUT2D eigenvalue weighted by molar-refractivity contribution is 7.88.